The number of hydrogen-bond acceptors (Lipinski definition) is 2. The van der Waals surface area contributed by atoms with Crippen molar-refractivity contribution in [3.63, 3.8) is 0 Å². The molecule has 0 amide bonds. The zero-order valence-electron chi connectivity index (χ0n) is 33.7. The highest BCUT2D eigenvalue weighted by atomic mass is 16.5. The van der Waals surface area contributed by atoms with Crippen molar-refractivity contribution in [1.29, 1.82) is 0 Å². The first-order chi connectivity index (χ1) is 30.7. The van der Waals surface area contributed by atoms with Crippen LogP contribution in [0.25, 0.3) is 103 Å². The van der Waals surface area contributed by atoms with E-state index in [1.165, 1.54) is 16.5 Å². The Kier molecular flexibility index (Phi) is 3.39. The predicted molar refractivity (Wildman–Crippen MR) is 247 cm³/mol. The molecule has 0 heterocycles. The third kappa shape index (κ3) is 1.94. The van der Waals surface area contributed by atoms with E-state index in [0.717, 1.165) is 25.7 Å². The highest BCUT2D eigenvalue weighted by Gasteiger charge is 2.96. The number of allylic oxidation sites excluding steroid dienone is 6. The Bertz CT molecular complexity index is 4550. The minimum atomic E-state index is -0.237. The SMILES string of the molecule is COC(=O)CCCC1(c2ccccc2)C23c4c5c6c7c8c4c4c2c2c9c%10c%11cc%12c9c9c(cc%13cc%14c%15c%16c(cc(c8c%16c4c4c%15c%13c9c24)C7C=CC6=C2C=CC%11C(C25)C%1013)C%14)C%12. The molecule has 282 valence electrons. The lowest BCUT2D eigenvalue weighted by Crippen LogP contribution is -2.40. The van der Waals surface area contributed by atoms with Gasteiger partial charge < -0.3 is 4.74 Å². The number of methoxy groups -OCH3 is 1. The molecule has 2 heteroatoms. The van der Waals surface area contributed by atoms with Crippen LogP contribution in [0.3, 0.4) is 0 Å². The van der Waals surface area contributed by atoms with Crippen LogP contribution in [0.2, 0.25) is 0 Å². The average Bonchev–Trinajstić information content (AvgIpc) is 4.05. The summed E-state index contributed by atoms with van der Waals surface area (Å²) in [6.45, 7) is 0. The van der Waals surface area contributed by atoms with Crippen molar-refractivity contribution in [3.05, 3.63) is 157 Å². The molecule has 0 N–H and O–H groups in total. The van der Waals surface area contributed by atoms with Crippen molar-refractivity contribution in [2.45, 2.75) is 66.1 Å². The number of carbonyl (C=O) groups is 1. The number of fused-ring (bicyclic) bond motifs is 2. The predicted octanol–water partition coefficient (Wildman–Crippen LogP) is 12.9. The van der Waals surface area contributed by atoms with Crippen LogP contribution in [-0.2, 0) is 38.6 Å². The van der Waals surface area contributed by atoms with Gasteiger partial charge in [-0.05, 0) is 212 Å². The quantitative estimate of drug-likeness (QED) is 0.0987. The standard InChI is InChI=1S/C60H30O2/c1-62-32(61)8-5-13-58(25-6-3-2-4-7-25)59-54-29-12-11-27-26-9-10-28-30-18-23-16-20-14-22-15-21-17-24-19-31(29)55(59)49-36(24)34(21)43-37(22)42-33(20)35(23)44-40(30)45-38(28)39(26)50(41(27)54)56-51(45)53-48(44)46(42)47(43)52(49)57(53)60(56,58)59/h2-4,6-7,9-12,14-15,18-19,28-29,41,54H,5,8,13,16-17H2,1H3. The Morgan fingerprint density at radius 1 is 0.645 bits per heavy atom. The molecular weight excluding hydrogens is 753 g/mol. The van der Waals surface area contributed by atoms with Gasteiger partial charge in [-0.3, -0.25) is 4.79 Å². The van der Waals surface area contributed by atoms with E-state index in [9.17, 15) is 4.79 Å². The molecule has 0 radical (unpaired) electrons. The Morgan fingerprint density at radius 2 is 1.31 bits per heavy atom. The molecule has 7 atom stereocenters. The van der Waals surface area contributed by atoms with Gasteiger partial charge in [0.05, 0.1) is 7.11 Å². The molecule has 0 saturated heterocycles. The second-order valence-corrected chi connectivity index (χ2v) is 22.0. The zero-order chi connectivity index (χ0) is 38.9. The zero-order valence-corrected chi connectivity index (χ0v) is 33.7. The van der Waals surface area contributed by atoms with E-state index in [1.807, 2.05) is 0 Å². The van der Waals surface area contributed by atoms with Crippen molar-refractivity contribution in [2.75, 3.05) is 7.11 Å². The summed E-state index contributed by atoms with van der Waals surface area (Å²) in [5.74, 6) is 1.33. The fourth-order valence-electron chi connectivity index (χ4n) is 20.6. The summed E-state index contributed by atoms with van der Waals surface area (Å²) in [7, 11) is 1.57. The number of carbonyl (C=O) groups excluding carboxylic acids is 1. The second kappa shape index (κ2) is 7.47. The highest BCUT2D eigenvalue weighted by molar-refractivity contribution is 6.59. The number of benzene rings is 10. The van der Waals surface area contributed by atoms with Gasteiger partial charge in [0.25, 0.3) is 0 Å². The molecule has 62 heavy (non-hydrogen) atoms. The van der Waals surface area contributed by atoms with Gasteiger partial charge >= 0.3 is 5.97 Å². The summed E-state index contributed by atoms with van der Waals surface area (Å²) in [5.41, 5.74) is 23.7. The van der Waals surface area contributed by atoms with E-state index in [4.69, 9.17) is 4.74 Å². The summed E-state index contributed by atoms with van der Waals surface area (Å²) >= 11 is 0. The van der Waals surface area contributed by atoms with Gasteiger partial charge in [0.15, 0.2) is 0 Å². The van der Waals surface area contributed by atoms with Crippen LogP contribution in [0.1, 0.15) is 109 Å². The summed E-state index contributed by atoms with van der Waals surface area (Å²) in [5, 5.41) is 28.8. The number of rotatable bonds is 5. The second-order valence-electron chi connectivity index (χ2n) is 22.0. The maximum Gasteiger partial charge on any atom is 0.305 e. The molecule has 0 bridgehead atoms. The first kappa shape index (κ1) is 28.2. The number of esters is 1. The molecule has 11 aliphatic rings. The number of ether oxygens (including phenoxy) is 1. The Hall–Kier alpha value is -6.51. The first-order valence-electron chi connectivity index (χ1n) is 23.5. The minimum absolute atomic E-state index is 0.0807. The van der Waals surface area contributed by atoms with Crippen molar-refractivity contribution >= 4 is 108 Å². The van der Waals surface area contributed by atoms with E-state index in [1.54, 1.807) is 171 Å². The molecule has 11 aromatic rings. The van der Waals surface area contributed by atoms with Gasteiger partial charge in [-0.15, -0.1) is 0 Å². The van der Waals surface area contributed by atoms with Crippen LogP contribution in [-0.4, -0.2) is 13.1 Å². The summed E-state index contributed by atoms with van der Waals surface area (Å²) in [6.07, 6.45) is 14.9. The van der Waals surface area contributed by atoms with E-state index < -0.39 is 0 Å². The smallest absolute Gasteiger partial charge is 0.305 e. The van der Waals surface area contributed by atoms with Gasteiger partial charge in [-0.25, -0.2) is 0 Å². The molecule has 2 nitrogen and oxygen atoms in total. The van der Waals surface area contributed by atoms with Gasteiger partial charge in [0.1, 0.15) is 0 Å². The Morgan fingerprint density at radius 3 is 2.08 bits per heavy atom. The molecule has 7 unspecified atom stereocenters. The topological polar surface area (TPSA) is 26.3 Å². The van der Waals surface area contributed by atoms with E-state index in [-0.39, 0.29) is 22.2 Å². The van der Waals surface area contributed by atoms with Gasteiger partial charge in [-0.2, -0.15) is 0 Å². The summed E-state index contributed by atoms with van der Waals surface area (Å²) in [6, 6.07) is 22.7. The van der Waals surface area contributed by atoms with Gasteiger partial charge in [-0.1, -0.05) is 78.9 Å². The van der Waals surface area contributed by atoms with Crippen LogP contribution < -0.4 is 0 Å². The molecule has 0 aliphatic heterocycles. The maximum absolute atomic E-state index is 13.3. The van der Waals surface area contributed by atoms with E-state index in [0.29, 0.717) is 30.1 Å². The molecule has 11 aromatic carbocycles. The fraction of sp³-hybridized carbons (Fsp3) is 0.217. The van der Waals surface area contributed by atoms with Crippen LogP contribution in [0, 0.1) is 5.92 Å². The van der Waals surface area contributed by atoms with Crippen molar-refractivity contribution in [1.82, 2.24) is 0 Å². The van der Waals surface area contributed by atoms with Crippen molar-refractivity contribution in [2.24, 2.45) is 5.92 Å². The van der Waals surface area contributed by atoms with Crippen LogP contribution >= 0.6 is 0 Å². The van der Waals surface area contributed by atoms with Crippen LogP contribution in [0.4, 0.5) is 0 Å². The molecule has 1 fully saturated rings. The lowest BCUT2D eigenvalue weighted by Gasteiger charge is -2.44. The monoisotopic (exact) mass is 782 g/mol. The fourth-order valence-corrected chi connectivity index (χ4v) is 20.6. The van der Waals surface area contributed by atoms with Gasteiger partial charge in [0, 0.05) is 40.4 Å². The third-order valence-electron chi connectivity index (χ3n) is 21.1. The third-order valence-corrected chi connectivity index (χ3v) is 21.1. The van der Waals surface area contributed by atoms with Crippen LogP contribution in [0.15, 0.2) is 84.5 Å². The minimum Gasteiger partial charge on any atom is -0.469 e. The Labute approximate surface area is 352 Å². The maximum atomic E-state index is 13.3. The molecular formula is C60H30O2. The molecule has 11 aliphatic carbocycles. The summed E-state index contributed by atoms with van der Waals surface area (Å²) in [4.78, 5) is 13.3. The highest BCUT2D eigenvalue weighted by Crippen LogP contribution is 2.98. The molecule has 1 saturated carbocycles. The van der Waals surface area contributed by atoms with Crippen LogP contribution in [0.5, 0.6) is 0 Å². The molecule has 0 aromatic heterocycles. The largest absolute Gasteiger partial charge is 0.469 e. The summed E-state index contributed by atoms with van der Waals surface area (Å²) < 4.78 is 5.43. The molecule has 22 rings (SSSR count). The first-order valence-corrected chi connectivity index (χ1v) is 23.5. The van der Waals surface area contributed by atoms with E-state index in [2.05, 4.69) is 78.9 Å². The lowest BCUT2D eigenvalue weighted by molar-refractivity contribution is -0.140. The lowest BCUT2D eigenvalue weighted by atomic mass is 9.57. The van der Waals surface area contributed by atoms with Gasteiger partial charge in [0.2, 0.25) is 0 Å². The average molecular weight is 783 g/mol. The Balaban J connectivity index is 1.14. The van der Waals surface area contributed by atoms with Crippen molar-refractivity contribution < 1.29 is 9.53 Å². The number of hydrogen-bond donors (Lipinski definition) is 0. The normalized spacial score (nSPS) is 30.5. The van der Waals surface area contributed by atoms with E-state index >= 15 is 0 Å². The van der Waals surface area contributed by atoms with Crippen molar-refractivity contribution in [3.8, 4) is 0 Å². The molecule has 2 spiro atoms.